The van der Waals surface area contributed by atoms with Crippen molar-refractivity contribution in [2.24, 2.45) is 0 Å². The number of nitrogens with zero attached hydrogens (tertiary/aromatic N) is 1. The third-order valence-electron chi connectivity index (χ3n) is 2.91. The lowest BCUT2D eigenvalue weighted by molar-refractivity contribution is 0.302. The third-order valence-corrected chi connectivity index (χ3v) is 2.91. The topological polar surface area (TPSA) is 54.3 Å². The Morgan fingerprint density at radius 2 is 2.10 bits per heavy atom. The first-order chi connectivity index (χ1) is 9.67. The predicted molar refractivity (Wildman–Crippen MR) is 79.9 cm³/mol. The Kier molecular flexibility index (Phi) is 7.52. The van der Waals surface area contributed by atoms with Gasteiger partial charge in [-0.25, -0.2) is 0 Å². The molecule has 1 aromatic rings. The molecule has 0 bridgehead atoms. The van der Waals surface area contributed by atoms with Crippen LogP contribution < -0.4 is 14.8 Å². The van der Waals surface area contributed by atoms with Crippen molar-refractivity contribution >= 4 is 0 Å². The molecule has 0 aromatic heterocycles. The van der Waals surface area contributed by atoms with E-state index in [-0.39, 0.29) is 0 Å². The highest BCUT2D eigenvalue weighted by atomic mass is 16.5. The van der Waals surface area contributed by atoms with Crippen LogP contribution in [0, 0.1) is 11.3 Å². The molecule has 20 heavy (non-hydrogen) atoms. The molecule has 0 atom stereocenters. The van der Waals surface area contributed by atoms with Gasteiger partial charge in [0.05, 0.1) is 19.8 Å². The van der Waals surface area contributed by atoms with Crippen LogP contribution in [-0.4, -0.2) is 19.8 Å². The number of nitriles is 1. The molecule has 1 rings (SSSR count). The molecule has 0 aliphatic carbocycles. The van der Waals surface area contributed by atoms with Crippen LogP contribution in [0.2, 0.25) is 0 Å². The third kappa shape index (κ3) is 5.94. The number of methoxy groups -OCH3 is 1. The Labute approximate surface area is 121 Å². The van der Waals surface area contributed by atoms with Gasteiger partial charge < -0.3 is 14.8 Å². The maximum Gasteiger partial charge on any atom is 0.124 e. The lowest BCUT2D eigenvalue weighted by atomic mass is 10.1. The van der Waals surface area contributed by atoms with Gasteiger partial charge in [-0.05, 0) is 31.0 Å². The second kappa shape index (κ2) is 9.22. The molecule has 0 saturated carbocycles. The van der Waals surface area contributed by atoms with Crippen LogP contribution in [0.5, 0.6) is 11.5 Å². The van der Waals surface area contributed by atoms with Gasteiger partial charge in [0.15, 0.2) is 0 Å². The molecule has 0 fully saturated rings. The molecule has 0 aliphatic heterocycles. The quantitative estimate of drug-likeness (QED) is 0.703. The lowest BCUT2D eigenvalue weighted by Gasteiger charge is -2.15. The van der Waals surface area contributed by atoms with Crippen LogP contribution in [0.1, 0.15) is 38.7 Å². The van der Waals surface area contributed by atoms with E-state index in [2.05, 4.69) is 25.2 Å². The maximum atomic E-state index is 8.49. The fraction of sp³-hybridized carbons (Fsp3) is 0.562. The monoisotopic (exact) mass is 276 g/mol. The SMILES string of the molecule is COc1ccc(OCCCCC#N)c(CNC(C)C)c1. The van der Waals surface area contributed by atoms with E-state index in [1.807, 2.05) is 18.2 Å². The zero-order valence-corrected chi connectivity index (χ0v) is 12.6. The molecular weight excluding hydrogens is 252 g/mol. The van der Waals surface area contributed by atoms with Gasteiger partial charge in [-0.3, -0.25) is 0 Å². The van der Waals surface area contributed by atoms with Crippen LogP contribution in [-0.2, 0) is 6.54 Å². The predicted octanol–water partition coefficient (Wildman–Crippen LogP) is 3.27. The molecule has 0 heterocycles. The van der Waals surface area contributed by atoms with Crippen molar-refractivity contribution in [3.05, 3.63) is 23.8 Å². The summed E-state index contributed by atoms with van der Waals surface area (Å²) in [5.41, 5.74) is 1.10. The average molecular weight is 276 g/mol. The van der Waals surface area contributed by atoms with Gasteiger partial charge in [-0.1, -0.05) is 13.8 Å². The Morgan fingerprint density at radius 1 is 1.30 bits per heavy atom. The van der Waals surface area contributed by atoms with Crippen molar-refractivity contribution in [1.82, 2.24) is 5.32 Å². The summed E-state index contributed by atoms with van der Waals surface area (Å²) in [6.45, 7) is 5.62. The molecule has 0 amide bonds. The zero-order valence-electron chi connectivity index (χ0n) is 12.6. The Morgan fingerprint density at radius 3 is 2.75 bits per heavy atom. The van der Waals surface area contributed by atoms with Crippen molar-refractivity contribution in [3.8, 4) is 17.6 Å². The Bertz CT molecular complexity index is 439. The number of rotatable bonds is 9. The molecule has 0 radical (unpaired) electrons. The van der Waals surface area contributed by atoms with Gasteiger partial charge >= 0.3 is 0 Å². The minimum Gasteiger partial charge on any atom is -0.497 e. The van der Waals surface area contributed by atoms with Gasteiger partial charge in [0.2, 0.25) is 0 Å². The summed E-state index contributed by atoms with van der Waals surface area (Å²) < 4.78 is 11.1. The highest BCUT2D eigenvalue weighted by molar-refractivity contribution is 5.40. The lowest BCUT2D eigenvalue weighted by Crippen LogP contribution is -2.22. The van der Waals surface area contributed by atoms with Gasteiger partial charge in [0.25, 0.3) is 0 Å². The summed E-state index contributed by atoms with van der Waals surface area (Å²) in [5.74, 6) is 1.72. The smallest absolute Gasteiger partial charge is 0.124 e. The van der Waals surface area contributed by atoms with E-state index in [4.69, 9.17) is 14.7 Å². The van der Waals surface area contributed by atoms with Crippen molar-refractivity contribution < 1.29 is 9.47 Å². The molecule has 4 nitrogen and oxygen atoms in total. The number of hydrogen-bond donors (Lipinski definition) is 1. The Hall–Kier alpha value is -1.73. The number of unbranched alkanes of at least 4 members (excludes halogenated alkanes) is 2. The standard InChI is InChI=1S/C16H24N2O2/c1-13(2)18-12-14-11-15(19-3)7-8-16(14)20-10-6-4-5-9-17/h7-8,11,13,18H,4-6,10,12H2,1-3H3. The van der Waals surface area contributed by atoms with E-state index in [0.717, 1.165) is 36.4 Å². The Balaban J connectivity index is 2.60. The van der Waals surface area contributed by atoms with Crippen LogP contribution in [0.15, 0.2) is 18.2 Å². The summed E-state index contributed by atoms with van der Waals surface area (Å²) in [5, 5.41) is 11.9. The number of nitrogens with one attached hydrogen (secondary N) is 1. The van der Waals surface area contributed by atoms with E-state index < -0.39 is 0 Å². The molecule has 0 saturated heterocycles. The van der Waals surface area contributed by atoms with Gasteiger partial charge in [-0.2, -0.15) is 5.26 Å². The van der Waals surface area contributed by atoms with Crippen LogP contribution in [0.25, 0.3) is 0 Å². The van der Waals surface area contributed by atoms with Crippen molar-refractivity contribution in [1.29, 1.82) is 5.26 Å². The van der Waals surface area contributed by atoms with Crippen molar-refractivity contribution in [3.63, 3.8) is 0 Å². The number of ether oxygens (including phenoxy) is 2. The van der Waals surface area contributed by atoms with Crippen LogP contribution in [0.3, 0.4) is 0 Å². The first-order valence-electron chi connectivity index (χ1n) is 7.07. The average Bonchev–Trinajstić information content (AvgIpc) is 2.45. The fourth-order valence-corrected chi connectivity index (χ4v) is 1.76. The van der Waals surface area contributed by atoms with Gasteiger partial charge in [0.1, 0.15) is 11.5 Å². The van der Waals surface area contributed by atoms with E-state index in [1.165, 1.54) is 0 Å². The second-order valence-electron chi connectivity index (χ2n) is 4.97. The van der Waals surface area contributed by atoms with Gasteiger partial charge in [-0.15, -0.1) is 0 Å². The molecule has 4 heteroatoms. The van der Waals surface area contributed by atoms with Crippen LogP contribution in [0.4, 0.5) is 0 Å². The molecular formula is C16H24N2O2. The van der Waals surface area contributed by atoms with Crippen molar-refractivity contribution in [2.45, 2.75) is 45.7 Å². The normalized spacial score (nSPS) is 10.3. The summed E-state index contributed by atoms with van der Waals surface area (Å²) in [4.78, 5) is 0. The summed E-state index contributed by atoms with van der Waals surface area (Å²) in [6.07, 6.45) is 2.37. The van der Waals surface area contributed by atoms with Gasteiger partial charge in [0, 0.05) is 24.6 Å². The number of hydrogen-bond acceptors (Lipinski definition) is 4. The molecule has 0 unspecified atom stereocenters. The maximum absolute atomic E-state index is 8.49. The van der Waals surface area contributed by atoms with Crippen LogP contribution >= 0.6 is 0 Å². The first kappa shape index (κ1) is 16.3. The molecule has 110 valence electrons. The van der Waals surface area contributed by atoms with E-state index in [1.54, 1.807) is 7.11 Å². The minimum atomic E-state index is 0.421. The largest absolute Gasteiger partial charge is 0.497 e. The summed E-state index contributed by atoms with van der Waals surface area (Å²) >= 11 is 0. The molecule has 1 N–H and O–H groups in total. The summed E-state index contributed by atoms with van der Waals surface area (Å²) in [7, 11) is 1.66. The highest BCUT2D eigenvalue weighted by Gasteiger charge is 2.06. The zero-order chi connectivity index (χ0) is 14.8. The second-order valence-corrected chi connectivity index (χ2v) is 4.97. The molecule has 0 spiro atoms. The minimum absolute atomic E-state index is 0.421. The number of benzene rings is 1. The first-order valence-corrected chi connectivity index (χ1v) is 7.07. The van der Waals surface area contributed by atoms with Crippen molar-refractivity contribution in [2.75, 3.05) is 13.7 Å². The summed E-state index contributed by atoms with van der Waals surface area (Å²) in [6, 6.07) is 8.42. The van der Waals surface area contributed by atoms with E-state index in [0.29, 0.717) is 19.1 Å². The molecule has 1 aromatic carbocycles. The molecule has 0 aliphatic rings. The van der Waals surface area contributed by atoms with E-state index >= 15 is 0 Å². The fourth-order valence-electron chi connectivity index (χ4n) is 1.76. The van der Waals surface area contributed by atoms with E-state index in [9.17, 15) is 0 Å². The highest BCUT2D eigenvalue weighted by Crippen LogP contribution is 2.24.